The molecule has 1 aliphatic heterocycles. The van der Waals surface area contributed by atoms with E-state index < -0.39 is 0 Å². The van der Waals surface area contributed by atoms with Crippen LogP contribution in [0.1, 0.15) is 0 Å². The lowest BCUT2D eigenvalue weighted by Crippen LogP contribution is -2.50. The maximum absolute atomic E-state index is 11.7. The molecule has 0 bridgehead atoms. The topological polar surface area (TPSA) is 80.1 Å². The number of carbonyl (C=O) groups is 2. The molecule has 0 aliphatic carbocycles. The number of nitrogens with zero attached hydrogens (tertiary/aromatic N) is 4. The number of piperazine rings is 1. The number of nitrogens with one attached hydrogen (secondary N) is 1. The van der Waals surface area contributed by atoms with Crippen LogP contribution in [0.5, 0.6) is 0 Å². The highest BCUT2D eigenvalue weighted by atomic mass is 16.2. The molecule has 2 heterocycles. The standard InChI is InChI=1S/C8H11N5O2/c14-7-3-12(2-1-10-7)8(15)4-13-6-9-5-11-13/h5-6H,1-4H2,(H,10,14). The normalized spacial score (nSPS) is 16.3. The fourth-order valence-corrected chi connectivity index (χ4v) is 1.40. The lowest BCUT2D eigenvalue weighted by atomic mass is 10.3. The molecule has 1 aliphatic rings. The largest absolute Gasteiger partial charge is 0.353 e. The molecule has 1 aromatic rings. The van der Waals surface area contributed by atoms with Crippen LogP contribution in [0.2, 0.25) is 0 Å². The van der Waals surface area contributed by atoms with Crippen molar-refractivity contribution in [1.29, 1.82) is 0 Å². The van der Waals surface area contributed by atoms with Crippen LogP contribution in [-0.2, 0) is 16.1 Å². The van der Waals surface area contributed by atoms with Crippen LogP contribution >= 0.6 is 0 Å². The molecule has 1 saturated heterocycles. The van der Waals surface area contributed by atoms with Crippen molar-refractivity contribution in [3.8, 4) is 0 Å². The zero-order chi connectivity index (χ0) is 10.7. The highest BCUT2D eigenvalue weighted by Gasteiger charge is 2.21. The first kappa shape index (κ1) is 9.63. The van der Waals surface area contributed by atoms with E-state index in [1.54, 1.807) is 0 Å². The fraction of sp³-hybridized carbons (Fsp3) is 0.500. The molecule has 0 saturated carbocycles. The van der Waals surface area contributed by atoms with Crippen molar-refractivity contribution in [2.45, 2.75) is 6.54 Å². The highest BCUT2D eigenvalue weighted by molar-refractivity contribution is 5.85. The van der Waals surface area contributed by atoms with Gasteiger partial charge in [-0.25, -0.2) is 9.67 Å². The molecule has 1 aromatic heterocycles. The fourth-order valence-electron chi connectivity index (χ4n) is 1.40. The van der Waals surface area contributed by atoms with E-state index in [1.165, 1.54) is 22.2 Å². The van der Waals surface area contributed by atoms with E-state index in [-0.39, 0.29) is 24.9 Å². The Morgan fingerprint density at radius 2 is 2.47 bits per heavy atom. The van der Waals surface area contributed by atoms with Gasteiger partial charge < -0.3 is 10.2 Å². The first-order valence-electron chi connectivity index (χ1n) is 4.62. The number of hydrogen-bond acceptors (Lipinski definition) is 4. The van der Waals surface area contributed by atoms with E-state index >= 15 is 0 Å². The van der Waals surface area contributed by atoms with Gasteiger partial charge in [-0.1, -0.05) is 0 Å². The number of rotatable bonds is 2. The van der Waals surface area contributed by atoms with E-state index in [2.05, 4.69) is 15.4 Å². The quantitative estimate of drug-likeness (QED) is 0.625. The highest BCUT2D eigenvalue weighted by Crippen LogP contribution is 1.96. The third-order valence-electron chi connectivity index (χ3n) is 2.15. The predicted octanol–water partition coefficient (Wildman–Crippen LogP) is -1.76. The SMILES string of the molecule is O=C1CN(C(=O)Cn2cncn2)CCN1. The van der Waals surface area contributed by atoms with Crippen LogP contribution in [-0.4, -0.2) is 51.1 Å². The van der Waals surface area contributed by atoms with Crippen molar-refractivity contribution in [3.63, 3.8) is 0 Å². The molecule has 0 spiro atoms. The van der Waals surface area contributed by atoms with Crippen molar-refractivity contribution in [2.24, 2.45) is 0 Å². The third-order valence-corrected chi connectivity index (χ3v) is 2.15. The molecular weight excluding hydrogens is 198 g/mol. The smallest absolute Gasteiger partial charge is 0.244 e. The van der Waals surface area contributed by atoms with E-state index in [0.29, 0.717) is 13.1 Å². The molecule has 2 amide bonds. The van der Waals surface area contributed by atoms with Gasteiger partial charge in [-0.2, -0.15) is 5.10 Å². The van der Waals surface area contributed by atoms with Gasteiger partial charge >= 0.3 is 0 Å². The van der Waals surface area contributed by atoms with Crippen molar-refractivity contribution in [1.82, 2.24) is 25.0 Å². The van der Waals surface area contributed by atoms with Crippen LogP contribution in [0.15, 0.2) is 12.7 Å². The van der Waals surface area contributed by atoms with Gasteiger partial charge in [0.2, 0.25) is 11.8 Å². The molecule has 0 radical (unpaired) electrons. The van der Waals surface area contributed by atoms with E-state index in [9.17, 15) is 9.59 Å². The molecule has 7 heteroatoms. The molecule has 0 atom stereocenters. The van der Waals surface area contributed by atoms with Crippen molar-refractivity contribution in [3.05, 3.63) is 12.7 Å². The van der Waals surface area contributed by atoms with Gasteiger partial charge in [0.05, 0.1) is 6.54 Å². The number of hydrogen-bond donors (Lipinski definition) is 1. The van der Waals surface area contributed by atoms with Crippen LogP contribution in [0.4, 0.5) is 0 Å². The first-order chi connectivity index (χ1) is 7.25. The summed E-state index contributed by atoms with van der Waals surface area (Å²) in [6.07, 6.45) is 2.85. The Bertz CT molecular complexity index is 361. The maximum Gasteiger partial charge on any atom is 0.244 e. The monoisotopic (exact) mass is 209 g/mol. The first-order valence-corrected chi connectivity index (χ1v) is 4.62. The second kappa shape index (κ2) is 4.07. The van der Waals surface area contributed by atoms with Gasteiger partial charge in [0.15, 0.2) is 0 Å². The van der Waals surface area contributed by atoms with Gasteiger partial charge in [-0.15, -0.1) is 0 Å². The molecule has 2 rings (SSSR count). The average Bonchev–Trinajstić information content (AvgIpc) is 2.70. The van der Waals surface area contributed by atoms with E-state index in [4.69, 9.17) is 0 Å². The van der Waals surface area contributed by atoms with E-state index in [0.717, 1.165) is 0 Å². The van der Waals surface area contributed by atoms with Crippen molar-refractivity contribution >= 4 is 11.8 Å². The minimum Gasteiger partial charge on any atom is -0.353 e. The van der Waals surface area contributed by atoms with Gasteiger partial charge in [0.25, 0.3) is 0 Å². The zero-order valence-corrected chi connectivity index (χ0v) is 8.09. The summed E-state index contributed by atoms with van der Waals surface area (Å²) < 4.78 is 1.44. The van der Waals surface area contributed by atoms with Crippen molar-refractivity contribution in [2.75, 3.05) is 19.6 Å². The summed E-state index contributed by atoms with van der Waals surface area (Å²) in [6.45, 7) is 1.34. The molecular formula is C8H11N5O2. The summed E-state index contributed by atoms with van der Waals surface area (Å²) in [7, 11) is 0. The molecule has 7 nitrogen and oxygen atoms in total. The summed E-state index contributed by atoms with van der Waals surface area (Å²) in [4.78, 5) is 28.0. The Kier molecular flexibility index (Phi) is 2.61. The molecule has 1 fully saturated rings. The lowest BCUT2D eigenvalue weighted by molar-refractivity contribution is -0.138. The Morgan fingerprint density at radius 3 is 3.13 bits per heavy atom. The second-order valence-corrected chi connectivity index (χ2v) is 3.26. The van der Waals surface area contributed by atoms with Crippen LogP contribution in [0.25, 0.3) is 0 Å². The second-order valence-electron chi connectivity index (χ2n) is 3.26. The van der Waals surface area contributed by atoms with Gasteiger partial charge in [-0.3, -0.25) is 9.59 Å². The van der Waals surface area contributed by atoms with Crippen LogP contribution in [0, 0.1) is 0 Å². The third kappa shape index (κ3) is 2.30. The van der Waals surface area contributed by atoms with Gasteiger partial charge in [0.1, 0.15) is 19.2 Å². The summed E-state index contributed by atoms with van der Waals surface area (Å²) >= 11 is 0. The Labute approximate surface area is 86.1 Å². The minimum atomic E-state index is -0.117. The Hall–Kier alpha value is -1.92. The summed E-state index contributed by atoms with van der Waals surface area (Å²) in [5.41, 5.74) is 0. The maximum atomic E-state index is 11.7. The number of carbonyl (C=O) groups excluding carboxylic acids is 2. The number of amides is 2. The molecule has 0 unspecified atom stereocenters. The van der Waals surface area contributed by atoms with E-state index in [1.807, 2.05) is 0 Å². The van der Waals surface area contributed by atoms with Gasteiger partial charge in [0, 0.05) is 13.1 Å². The van der Waals surface area contributed by atoms with Gasteiger partial charge in [-0.05, 0) is 0 Å². The zero-order valence-electron chi connectivity index (χ0n) is 8.09. The van der Waals surface area contributed by atoms with Crippen LogP contribution in [0.3, 0.4) is 0 Å². The Balaban J connectivity index is 1.93. The average molecular weight is 209 g/mol. The summed E-state index contributed by atoms with van der Waals surface area (Å²) in [5.74, 6) is -0.233. The number of aromatic nitrogens is 3. The van der Waals surface area contributed by atoms with Crippen LogP contribution < -0.4 is 5.32 Å². The lowest BCUT2D eigenvalue weighted by Gasteiger charge is -2.26. The summed E-state index contributed by atoms with van der Waals surface area (Å²) in [6, 6.07) is 0. The molecule has 0 aromatic carbocycles. The van der Waals surface area contributed by atoms with Crippen molar-refractivity contribution < 1.29 is 9.59 Å². The predicted molar refractivity (Wildman–Crippen MR) is 49.6 cm³/mol. The molecule has 15 heavy (non-hydrogen) atoms. The Morgan fingerprint density at radius 1 is 1.60 bits per heavy atom. The molecule has 80 valence electrons. The summed E-state index contributed by atoms with van der Waals surface area (Å²) in [5, 5.41) is 6.49. The minimum absolute atomic E-state index is 0.115. The molecule has 1 N–H and O–H groups in total.